The van der Waals surface area contributed by atoms with Crippen LogP contribution in [0.2, 0.25) is 0 Å². The van der Waals surface area contributed by atoms with E-state index in [0.29, 0.717) is 5.92 Å². The van der Waals surface area contributed by atoms with E-state index in [2.05, 4.69) is 51.7 Å². The number of aliphatic imine (C=N–C) groups is 1. The Kier molecular flexibility index (Phi) is 8.03. The van der Waals surface area contributed by atoms with Crippen LogP contribution in [0.3, 0.4) is 0 Å². The summed E-state index contributed by atoms with van der Waals surface area (Å²) in [6.45, 7) is 2.01. The molecule has 0 aromatic heterocycles. The number of hydrogen-bond donors (Lipinski definition) is 2. The summed E-state index contributed by atoms with van der Waals surface area (Å²) in [6.07, 6.45) is 6.51. The van der Waals surface area contributed by atoms with E-state index in [4.69, 9.17) is 0 Å². The lowest BCUT2D eigenvalue weighted by molar-refractivity contribution is 0.539. The fourth-order valence-electron chi connectivity index (χ4n) is 3.52. The number of thioether (sulfide) groups is 1. The highest BCUT2D eigenvalue weighted by atomic mass is 127. The molecule has 1 aliphatic heterocycles. The molecule has 128 valence electrons. The summed E-state index contributed by atoms with van der Waals surface area (Å²) in [5.74, 6) is 2.89. The molecule has 1 fully saturated rings. The molecular weight excluding hydrogens is 417 g/mol. The Bertz CT molecular complexity index is 515. The first kappa shape index (κ1) is 18.9. The van der Waals surface area contributed by atoms with Crippen LogP contribution in [0.25, 0.3) is 0 Å². The predicted molar refractivity (Wildman–Crippen MR) is 112 cm³/mol. The molecule has 3 rings (SSSR count). The minimum Gasteiger partial charge on any atom is -0.356 e. The number of halogens is 1. The lowest BCUT2D eigenvalue weighted by Gasteiger charge is -2.26. The van der Waals surface area contributed by atoms with E-state index < -0.39 is 0 Å². The third-order valence-corrected chi connectivity index (χ3v) is 6.15. The van der Waals surface area contributed by atoms with Crippen molar-refractivity contribution < 1.29 is 0 Å². The summed E-state index contributed by atoms with van der Waals surface area (Å²) in [7, 11) is 1.87. The molecular formula is C18H28IN3S. The van der Waals surface area contributed by atoms with Gasteiger partial charge in [0.15, 0.2) is 5.96 Å². The third kappa shape index (κ3) is 5.28. The molecule has 1 saturated heterocycles. The molecule has 1 aliphatic carbocycles. The first-order valence-electron chi connectivity index (χ1n) is 8.50. The van der Waals surface area contributed by atoms with Crippen LogP contribution < -0.4 is 10.6 Å². The fourth-order valence-corrected chi connectivity index (χ4v) is 4.72. The van der Waals surface area contributed by atoms with Crippen molar-refractivity contribution in [1.82, 2.24) is 10.6 Å². The highest BCUT2D eigenvalue weighted by Crippen LogP contribution is 2.30. The Morgan fingerprint density at radius 2 is 2.00 bits per heavy atom. The number of hydrogen-bond acceptors (Lipinski definition) is 2. The fraction of sp³-hybridized carbons (Fsp3) is 0.611. The number of rotatable bonds is 4. The monoisotopic (exact) mass is 445 g/mol. The molecule has 0 saturated carbocycles. The van der Waals surface area contributed by atoms with Gasteiger partial charge in [-0.15, -0.1) is 24.0 Å². The second kappa shape index (κ2) is 9.77. The Morgan fingerprint density at radius 3 is 2.78 bits per heavy atom. The maximum absolute atomic E-state index is 4.37. The van der Waals surface area contributed by atoms with Crippen LogP contribution in [-0.4, -0.2) is 37.1 Å². The Hall–Kier alpha value is -0.430. The van der Waals surface area contributed by atoms with Crippen LogP contribution in [0.1, 0.15) is 42.7 Å². The first-order chi connectivity index (χ1) is 10.9. The number of benzene rings is 1. The molecule has 0 spiro atoms. The topological polar surface area (TPSA) is 36.4 Å². The summed E-state index contributed by atoms with van der Waals surface area (Å²) in [5, 5.41) is 7.78. The van der Waals surface area contributed by atoms with E-state index in [0.717, 1.165) is 24.3 Å². The van der Waals surface area contributed by atoms with Crippen molar-refractivity contribution in [2.75, 3.05) is 25.9 Å². The number of nitrogens with zero attached hydrogens (tertiary/aromatic N) is 1. The molecule has 2 aliphatic rings. The summed E-state index contributed by atoms with van der Waals surface area (Å²) >= 11 is 2.09. The van der Waals surface area contributed by atoms with Crippen LogP contribution in [0.4, 0.5) is 0 Å². The van der Waals surface area contributed by atoms with E-state index in [9.17, 15) is 0 Å². The standard InChI is InChI=1S/C18H27N3S.HI/c1-19-18(21-13-16-9-5-11-22-16)20-12-15-8-4-7-14-6-2-3-10-17(14)15;/h2-3,6,10,15-16H,4-5,7-9,11-13H2,1H3,(H2,19,20,21);1H. The molecule has 0 radical (unpaired) electrons. The van der Waals surface area contributed by atoms with Crippen molar-refractivity contribution in [3.05, 3.63) is 35.4 Å². The molecule has 23 heavy (non-hydrogen) atoms. The van der Waals surface area contributed by atoms with Crippen molar-refractivity contribution >= 4 is 41.7 Å². The Morgan fingerprint density at radius 1 is 1.17 bits per heavy atom. The van der Waals surface area contributed by atoms with E-state index >= 15 is 0 Å². The van der Waals surface area contributed by atoms with Gasteiger partial charge in [-0.25, -0.2) is 0 Å². The van der Waals surface area contributed by atoms with Gasteiger partial charge in [-0.1, -0.05) is 24.3 Å². The van der Waals surface area contributed by atoms with Crippen LogP contribution in [0, 0.1) is 0 Å². The minimum absolute atomic E-state index is 0. The van der Waals surface area contributed by atoms with Gasteiger partial charge in [0, 0.05) is 31.3 Å². The van der Waals surface area contributed by atoms with E-state index in [-0.39, 0.29) is 24.0 Å². The maximum atomic E-state index is 4.37. The van der Waals surface area contributed by atoms with Gasteiger partial charge in [0.25, 0.3) is 0 Å². The molecule has 0 bridgehead atoms. The molecule has 2 unspecified atom stereocenters. The van der Waals surface area contributed by atoms with E-state index in [1.54, 1.807) is 0 Å². The van der Waals surface area contributed by atoms with Gasteiger partial charge in [0.05, 0.1) is 0 Å². The molecule has 1 aromatic carbocycles. The second-order valence-corrected chi connectivity index (χ2v) is 7.67. The zero-order valence-electron chi connectivity index (χ0n) is 13.9. The lowest BCUT2D eigenvalue weighted by atomic mass is 9.83. The molecule has 1 aromatic rings. The van der Waals surface area contributed by atoms with Gasteiger partial charge in [-0.2, -0.15) is 11.8 Å². The van der Waals surface area contributed by atoms with Crippen molar-refractivity contribution in [2.24, 2.45) is 4.99 Å². The molecule has 2 N–H and O–H groups in total. The molecule has 5 heteroatoms. The molecule has 2 atom stereocenters. The zero-order valence-corrected chi connectivity index (χ0v) is 17.0. The van der Waals surface area contributed by atoms with Gasteiger partial charge >= 0.3 is 0 Å². The average Bonchev–Trinajstić information content (AvgIpc) is 3.08. The summed E-state index contributed by atoms with van der Waals surface area (Å²) in [5.41, 5.74) is 3.06. The summed E-state index contributed by atoms with van der Waals surface area (Å²) in [4.78, 5) is 4.37. The number of fused-ring (bicyclic) bond motifs is 1. The molecule has 1 heterocycles. The van der Waals surface area contributed by atoms with Crippen molar-refractivity contribution in [2.45, 2.75) is 43.3 Å². The smallest absolute Gasteiger partial charge is 0.191 e. The maximum Gasteiger partial charge on any atom is 0.191 e. The summed E-state index contributed by atoms with van der Waals surface area (Å²) < 4.78 is 0. The molecule has 3 nitrogen and oxygen atoms in total. The number of guanidine groups is 1. The van der Waals surface area contributed by atoms with Gasteiger partial charge in [0.2, 0.25) is 0 Å². The van der Waals surface area contributed by atoms with Gasteiger partial charge in [-0.3, -0.25) is 4.99 Å². The lowest BCUT2D eigenvalue weighted by Crippen LogP contribution is -2.42. The third-order valence-electron chi connectivity index (χ3n) is 4.75. The van der Waals surface area contributed by atoms with Crippen LogP contribution in [0.15, 0.2) is 29.3 Å². The van der Waals surface area contributed by atoms with Crippen LogP contribution in [0.5, 0.6) is 0 Å². The number of aryl methyl sites for hydroxylation is 1. The SMILES string of the molecule is CN=C(NCC1CCCS1)NCC1CCCc2ccccc21.I. The zero-order chi connectivity index (χ0) is 15.2. The largest absolute Gasteiger partial charge is 0.356 e. The van der Waals surface area contributed by atoms with Crippen LogP contribution in [-0.2, 0) is 6.42 Å². The first-order valence-corrected chi connectivity index (χ1v) is 9.55. The van der Waals surface area contributed by atoms with Crippen molar-refractivity contribution in [3.8, 4) is 0 Å². The van der Waals surface area contributed by atoms with Crippen LogP contribution >= 0.6 is 35.7 Å². The highest BCUT2D eigenvalue weighted by Gasteiger charge is 2.20. The van der Waals surface area contributed by atoms with Crippen molar-refractivity contribution in [1.29, 1.82) is 0 Å². The normalized spacial score (nSPS) is 23.8. The van der Waals surface area contributed by atoms with Crippen molar-refractivity contribution in [3.63, 3.8) is 0 Å². The van der Waals surface area contributed by atoms with E-state index in [1.165, 1.54) is 49.0 Å². The Labute approximate surface area is 161 Å². The van der Waals surface area contributed by atoms with Gasteiger partial charge < -0.3 is 10.6 Å². The van der Waals surface area contributed by atoms with E-state index in [1.807, 2.05) is 7.05 Å². The van der Waals surface area contributed by atoms with Gasteiger partial charge in [0.1, 0.15) is 0 Å². The number of nitrogens with one attached hydrogen (secondary N) is 2. The average molecular weight is 445 g/mol. The molecule has 0 amide bonds. The second-order valence-electron chi connectivity index (χ2n) is 6.26. The summed E-state index contributed by atoms with van der Waals surface area (Å²) in [6, 6.07) is 8.91. The minimum atomic E-state index is 0. The van der Waals surface area contributed by atoms with Gasteiger partial charge in [-0.05, 0) is 49.0 Å². The Balaban J connectivity index is 0.00000192. The predicted octanol–water partition coefficient (Wildman–Crippen LogP) is 3.79. The highest BCUT2D eigenvalue weighted by molar-refractivity contribution is 14.0. The quantitative estimate of drug-likeness (QED) is 0.421.